The van der Waals surface area contributed by atoms with Crippen molar-refractivity contribution in [3.05, 3.63) is 33.3 Å². The minimum absolute atomic E-state index is 0.0434. The molecule has 96 valence electrons. The van der Waals surface area contributed by atoms with Gasteiger partial charge in [0.25, 0.3) is 0 Å². The first-order chi connectivity index (χ1) is 8.58. The normalized spacial score (nSPS) is 27.9. The number of halogens is 2. The maximum absolute atomic E-state index is 12.0. The van der Waals surface area contributed by atoms with Gasteiger partial charge in [-0.2, -0.15) is 0 Å². The van der Waals surface area contributed by atoms with Crippen LogP contribution in [0.3, 0.4) is 0 Å². The lowest BCUT2D eigenvalue weighted by Gasteiger charge is -2.28. The molecule has 1 aromatic carbocycles. The molecule has 2 atom stereocenters. The predicted octanol–water partition coefficient (Wildman–Crippen LogP) is 2.87. The van der Waals surface area contributed by atoms with E-state index in [0.717, 1.165) is 22.9 Å². The summed E-state index contributed by atoms with van der Waals surface area (Å²) in [6, 6.07) is 5.84. The van der Waals surface area contributed by atoms with Gasteiger partial charge in [-0.15, -0.1) is 0 Å². The Morgan fingerprint density at radius 1 is 1.39 bits per heavy atom. The number of nitrogens with zero attached hydrogens (tertiary/aromatic N) is 1. The van der Waals surface area contributed by atoms with Crippen LogP contribution in [0.2, 0.25) is 5.02 Å². The molecule has 1 saturated carbocycles. The van der Waals surface area contributed by atoms with Gasteiger partial charge in [0.1, 0.15) is 0 Å². The van der Waals surface area contributed by atoms with E-state index in [4.69, 9.17) is 17.3 Å². The number of amides is 1. The van der Waals surface area contributed by atoms with Crippen LogP contribution in [0, 0.1) is 0 Å². The molecule has 18 heavy (non-hydrogen) atoms. The summed E-state index contributed by atoms with van der Waals surface area (Å²) in [5.74, 6) is 0.168. The molecular formula is C13H14BrClN2O. The van der Waals surface area contributed by atoms with Crippen molar-refractivity contribution in [2.24, 2.45) is 5.73 Å². The van der Waals surface area contributed by atoms with Gasteiger partial charge in [0.15, 0.2) is 0 Å². The van der Waals surface area contributed by atoms with E-state index in [1.54, 1.807) is 0 Å². The fourth-order valence-corrected chi connectivity index (χ4v) is 3.35. The maximum atomic E-state index is 12.0. The lowest BCUT2D eigenvalue weighted by Crippen LogP contribution is -2.34. The number of nitrogens with two attached hydrogens (primary N) is 1. The quantitative estimate of drug-likeness (QED) is 0.907. The van der Waals surface area contributed by atoms with Crippen LogP contribution in [0.15, 0.2) is 22.7 Å². The highest BCUT2D eigenvalue weighted by Crippen LogP contribution is 2.43. The Bertz CT molecular complexity index is 504. The summed E-state index contributed by atoms with van der Waals surface area (Å²) in [5, 5.41) is 0.676. The van der Waals surface area contributed by atoms with E-state index in [9.17, 15) is 4.79 Å². The minimum atomic E-state index is -0.145. The first-order valence-corrected chi connectivity index (χ1v) is 7.26. The summed E-state index contributed by atoms with van der Waals surface area (Å²) < 4.78 is 0.965. The highest BCUT2D eigenvalue weighted by atomic mass is 79.9. The zero-order valence-electron chi connectivity index (χ0n) is 9.77. The smallest absolute Gasteiger partial charge is 0.225 e. The number of carbonyl (C=O) groups is 1. The van der Waals surface area contributed by atoms with E-state index in [2.05, 4.69) is 15.9 Å². The van der Waals surface area contributed by atoms with Gasteiger partial charge in [-0.25, -0.2) is 0 Å². The molecular weight excluding hydrogens is 316 g/mol. The largest absolute Gasteiger partial charge is 0.331 e. The molecule has 1 amide bonds. The highest BCUT2D eigenvalue weighted by Gasteiger charge is 2.46. The molecule has 1 aliphatic heterocycles. The Balaban J connectivity index is 2.02. The summed E-state index contributed by atoms with van der Waals surface area (Å²) in [5.41, 5.74) is 7.17. The Morgan fingerprint density at radius 2 is 2.11 bits per heavy atom. The maximum Gasteiger partial charge on any atom is 0.225 e. The second-order valence-corrected chi connectivity index (χ2v) is 6.30. The van der Waals surface area contributed by atoms with Crippen molar-refractivity contribution in [2.75, 3.05) is 0 Å². The van der Waals surface area contributed by atoms with Crippen molar-refractivity contribution in [3.8, 4) is 0 Å². The van der Waals surface area contributed by atoms with Crippen LogP contribution < -0.4 is 5.73 Å². The zero-order valence-corrected chi connectivity index (χ0v) is 12.1. The van der Waals surface area contributed by atoms with Gasteiger partial charge in [-0.1, -0.05) is 27.5 Å². The Morgan fingerprint density at radius 3 is 2.78 bits per heavy atom. The molecule has 3 rings (SSSR count). The van der Waals surface area contributed by atoms with E-state index in [-0.39, 0.29) is 18.0 Å². The second-order valence-electron chi connectivity index (χ2n) is 5.01. The van der Waals surface area contributed by atoms with Crippen molar-refractivity contribution in [1.82, 2.24) is 4.90 Å². The third kappa shape index (κ3) is 2.06. The Labute approximate surface area is 119 Å². The molecule has 2 unspecified atom stereocenters. The summed E-state index contributed by atoms with van der Waals surface area (Å²) >= 11 is 9.59. The molecule has 0 aromatic heterocycles. The minimum Gasteiger partial charge on any atom is -0.331 e. The Hall–Kier alpha value is -0.580. The monoisotopic (exact) mass is 328 g/mol. The molecule has 2 N–H and O–H groups in total. The molecule has 2 aliphatic rings. The van der Waals surface area contributed by atoms with E-state index in [0.29, 0.717) is 17.5 Å². The van der Waals surface area contributed by atoms with Crippen LogP contribution in [0.5, 0.6) is 0 Å². The molecule has 0 radical (unpaired) electrons. The van der Waals surface area contributed by atoms with E-state index in [1.807, 2.05) is 23.1 Å². The molecule has 0 spiro atoms. The first kappa shape index (κ1) is 12.5. The standard InChI is InChI=1S/C13H14BrClN2O/c14-10-4-1-7(15)5-9(10)13-11(16)6-12(18)17(13)8-2-3-8/h1,4-5,8,11,13H,2-3,6,16H2. The van der Waals surface area contributed by atoms with Crippen molar-refractivity contribution in [2.45, 2.75) is 37.4 Å². The number of rotatable bonds is 2. The van der Waals surface area contributed by atoms with Crippen LogP contribution >= 0.6 is 27.5 Å². The molecule has 1 aromatic rings. The van der Waals surface area contributed by atoms with E-state index in [1.165, 1.54) is 0 Å². The van der Waals surface area contributed by atoms with Crippen LogP contribution in [0.1, 0.15) is 30.9 Å². The topological polar surface area (TPSA) is 46.3 Å². The molecule has 0 bridgehead atoms. The Kier molecular flexibility index (Phi) is 3.12. The van der Waals surface area contributed by atoms with Crippen molar-refractivity contribution in [3.63, 3.8) is 0 Å². The number of hydrogen-bond acceptors (Lipinski definition) is 2. The van der Waals surface area contributed by atoms with Gasteiger partial charge in [-0.05, 0) is 36.6 Å². The molecule has 3 nitrogen and oxygen atoms in total. The average molecular weight is 330 g/mol. The zero-order chi connectivity index (χ0) is 12.9. The second kappa shape index (κ2) is 4.51. The first-order valence-electron chi connectivity index (χ1n) is 6.09. The summed E-state index contributed by atoms with van der Waals surface area (Å²) in [7, 11) is 0. The van der Waals surface area contributed by atoms with Crippen LogP contribution in [-0.4, -0.2) is 22.9 Å². The van der Waals surface area contributed by atoms with Gasteiger partial charge in [0.2, 0.25) is 5.91 Å². The van der Waals surface area contributed by atoms with Crippen molar-refractivity contribution < 1.29 is 4.79 Å². The summed E-state index contributed by atoms with van der Waals surface area (Å²) in [6.07, 6.45) is 2.61. The molecule has 5 heteroatoms. The summed E-state index contributed by atoms with van der Waals surface area (Å²) in [4.78, 5) is 14.0. The fourth-order valence-electron chi connectivity index (χ4n) is 2.69. The summed E-state index contributed by atoms with van der Waals surface area (Å²) in [6.45, 7) is 0. The lowest BCUT2D eigenvalue weighted by atomic mass is 10.0. The van der Waals surface area contributed by atoms with Crippen LogP contribution in [0.4, 0.5) is 0 Å². The van der Waals surface area contributed by atoms with Gasteiger partial charge >= 0.3 is 0 Å². The highest BCUT2D eigenvalue weighted by molar-refractivity contribution is 9.10. The molecule has 1 saturated heterocycles. The fraction of sp³-hybridized carbons (Fsp3) is 0.462. The number of hydrogen-bond donors (Lipinski definition) is 1. The van der Waals surface area contributed by atoms with Gasteiger partial charge < -0.3 is 10.6 Å². The third-order valence-corrected chi connectivity index (χ3v) is 4.58. The van der Waals surface area contributed by atoms with E-state index < -0.39 is 0 Å². The van der Waals surface area contributed by atoms with Crippen LogP contribution in [0.25, 0.3) is 0 Å². The molecule has 2 fully saturated rings. The number of carbonyl (C=O) groups excluding carboxylic acids is 1. The van der Waals surface area contributed by atoms with Crippen molar-refractivity contribution in [1.29, 1.82) is 0 Å². The number of likely N-dealkylation sites (tertiary alicyclic amines) is 1. The SMILES string of the molecule is NC1CC(=O)N(C2CC2)C1c1cc(Cl)ccc1Br. The molecule has 1 aliphatic carbocycles. The van der Waals surface area contributed by atoms with Crippen LogP contribution in [-0.2, 0) is 4.79 Å². The van der Waals surface area contributed by atoms with Gasteiger partial charge in [0.05, 0.1) is 6.04 Å². The molecule has 1 heterocycles. The average Bonchev–Trinajstić information content (AvgIpc) is 3.09. The van der Waals surface area contributed by atoms with Gasteiger partial charge in [0, 0.05) is 28.0 Å². The van der Waals surface area contributed by atoms with Crippen molar-refractivity contribution >= 4 is 33.4 Å². The van der Waals surface area contributed by atoms with E-state index >= 15 is 0 Å². The number of benzene rings is 1. The predicted molar refractivity (Wildman–Crippen MR) is 74.4 cm³/mol. The van der Waals surface area contributed by atoms with Gasteiger partial charge in [-0.3, -0.25) is 4.79 Å². The lowest BCUT2D eigenvalue weighted by molar-refractivity contribution is -0.129. The third-order valence-electron chi connectivity index (χ3n) is 3.62.